The van der Waals surface area contributed by atoms with E-state index < -0.39 is 11.0 Å². The molecular weight excluding hydrogens is 240 g/mol. The summed E-state index contributed by atoms with van der Waals surface area (Å²) in [5.41, 5.74) is 1.98. The summed E-state index contributed by atoms with van der Waals surface area (Å²) in [5, 5.41) is 10.5. The summed E-state index contributed by atoms with van der Waals surface area (Å²) in [6.45, 7) is 2.04. The average molecular weight is 258 g/mol. The Morgan fingerprint density at radius 2 is 1.95 bits per heavy atom. The number of hydrogen-bond donors (Lipinski definition) is 1. The monoisotopic (exact) mass is 258 g/mol. The number of hydrogen-bond acceptors (Lipinski definition) is 3. The minimum Gasteiger partial charge on any atom is -0.469 e. The van der Waals surface area contributed by atoms with Crippen LogP contribution < -0.4 is 0 Å². The lowest BCUT2D eigenvalue weighted by atomic mass is 9.67. The van der Waals surface area contributed by atoms with Crippen LogP contribution in [0.3, 0.4) is 0 Å². The second-order valence-electron chi connectivity index (χ2n) is 5.91. The topological polar surface area (TPSA) is 46.5 Å². The van der Waals surface area contributed by atoms with Crippen molar-refractivity contribution in [2.45, 2.75) is 31.8 Å². The molecule has 3 heteroatoms. The zero-order chi connectivity index (χ0) is 13.7. The summed E-state index contributed by atoms with van der Waals surface area (Å²) in [5.74, 6) is -0.190. The highest BCUT2D eigenvalue weighted by Crippen LogP contribution is 2.64. The van der Waals surface area contributed by atoms with Crippen molar-refractivity contribution in [3.63, 3.8) is 0 Å². The number of carbonyl (C=O) groups is 1. The van der Waals surface area contributed by atoms with Crippen LogP contribution in [0.5, 0.6) is 0 Å². The summed E-state index contributed by atoms with van der Waals surface area (Å²) in [7, 11) is 1.41. The minimum absolute atomic E-state index is 0.190. The van der Waals surface area contributed by atoms with Crippen molar-refractivity contribution in [2.75, 3.05) is 7.11 Å². The SMILES string of the molecule is COC(=O)C12C/C(=C\c3ccc(C)cc3)C(O)(C1)C2. The molecule has 0 aliphatic heterocycles. The van der Waals surface area contributed by atoms with E-state index in [1.807, 2.05) is 37.3 Å². The molecule has 1 N–H and O–H groups in total. The summed E-state index contributed by atoms with van der Waals surface area (Å²) in [6.07, 6.45) is 3.63. The number of ether oxygens (including phenoxy) is 1. The molecule has 3 fully saturated rings. The van der Waals surface area contributed by atoms with Gasteiger partial charge in [0.15, 0.2) is 0 Å². The van der Waals surface area contributed by atoms with Crippen LogP contribution in [0.2, 0.25) is 0 Å². The van der Waals surface area contributed by atoms with E-state index in [9.17, 15) is 9.90 Å². The highest BCUT2D eigenvalue weighted by molar-refractivity contribution is 5.82. The van der Waals surface area contributed by atoms with E-state index in [-0.39, 0.29) is 5.97 Å². The average Bonchev–Trinajstić information content (AvgIpc) is 2.79. The zero-order valence-electron chi connectivity index (χ0n) is 11.3. The Hall–Kier alpha value is -1.61. The van der Waals surface area contributed by atoms with E-state index in [2.05, 4.69) is 0 Å². The lowest BCUT2D eigenvalue weighted by Gasteiger charge is -2.41. The second kappa shape index (κ2) is 3.94. The molecule has 1 aromatic rings. The van der Waals surface area contributed by atoms with Crippen molar-refractivity contribution in [1.29, 1.82) is 0 Å². The normalized spacial score (nSPS) is 34.2. The molecule has 0 spiro atoms. The highest BCUT2D eigenvalue weighted by atomic mass is 16.5. The van der Waals surface area contributed by atoms with Crippen molar-refractivity contribution in [3.8, 4) is 0 Å². The molecule has 3 aliphatic rings. The van der Waals surface area contributed by atoms with Crippen molar-refractivity contribution >= 4 is 12.0 Å². The Bertz CT molecular complexity index is 548. The van der Waals surface area contributed by atoms with Crippen molar-refractivity contribution in [1.82, 2.24) is 0 Å². The van der Waals surface area contributed by atoms with Gasteiger partial charge >= 0.3 is 5.97 Å². The van der Waals surface area contributed by atoms with E-state index in [1.165, 1.54) is 12.7 Å². The van der Waals surface area contributed by atoms with Crippen LogP contribution in [0.15, 0.2) is 29.8 Å². The van der Waals surface area contributed by atoms with E-state index in [0.717, 1.165) is 11.1 Å². The fraction of sp³-hybridized carbons (Fsp3) is 0.438. The Kier molecular flexibility index (Phi) is 2.58. The van der Waals surface area contributed by atoms with Crippen molar-refractivity contribution in [2.24, 2.45) is 5.41 Å². The third kappa shape index (κ3) is 1.80. The lowest BCUT2D eigenvalue weighted by Crippen LogP contribution is -2.48. The summed E-state index contributed by atoms with van der Waals surface area (Å²) in [6, 6.07) is 8.16. The first-order valence-corrected chi connectivity index (χ1v) is 6.56. The van der Waals surface area contributed by atoms with Crippen molar-refractivity contribution < 1.29 is 14.6 Å². The summed E-state index contributed by atoms with van der Waals surface area (Å²) >= 11 is 0. The molecule has 1 aromatic carbocycles. The van der Waals surface area contributed by atoms with E-state index in [1.54, 1.807) is 0 Å². The predicted molar refractivity (Wildman–Crippen MR) is 72.4 cm³/mol. The summed E-state index contributed by atoms with van der Waals surface area (Å²) in [4.78, 5) is 11.8. The third-order valence-corrected chi connectivity index (χ3v) is 4.42. The molecule has 4 rings (SSSR count). The molecule has 0 atom stereocenters. The van der Waals surface area contributed by atoms with E-state index >= 15 is 0 Å². The first-order chi connectivity index (χ1) is 8.97. The van der Waals surface area contributed by atoms with E-state index in [4.69, 9.17) is 4.74 Å². The van der Waals surface area contributed by atoms with Gasteiger partial charge < -0.3 is 9.84 Å². The van der Waals surface area contributed by atoms with Gasteiger partial charge in [-0.25, -0.2) is 0 Å². The molecule has 3 saturated carbocycles. The van der Waals surface area contributed by atoms with Crippen LogP contribution in [0.4, 0.5) is 0 Å². The van der Waals surface area contributed by atoms with Crippen LogP contribution in [-0.2, 0) is 9.53 Å². The fourth-order valence-corrected chi connectivity index (χ4v) is 3.43. The number of methoxy groups -OCH3 is 1. The van der Waals surface area contributed by atoms with Crippen LogP contribution in [0.25, 0.3) is 6.08 Å². The fourth-order valence-electron chi connectivity index (χ4n) is 3.43. The highest BCUT2D eigenvalue weighted by Gasteiger charge is 2.67. The molecular formula is C16H18O3. The molecule has 19 heavy (non-hydrogen) atoms. The van der Waals surface area contributed by atoms with Crippen LogP contribution >= 0.6 is 0 Å². The lowest BCUT2D eigenvalue weighted by molar-refractivity contribution is -0.166. The number of carbonyl (C=O) groups excluding carboxylic acids is 1. The molecule has 0 amide bonds. The number of rotatable bonds is 2. The van der Waals surface area contributed by atoms with Gasteiger partial charge in [0.25, 0.3) is 0 Å². The Morgan fingerprint density at radius 3 is 2.53 bits per heavy atom. The Balaban J connectivity index is 1.88. The standard InChI is InChI=1S/C16H18O3/c1-11-3-5-12(6-4-11)7-13-8-15(14(17)19-2)9-16(13,18)10-15/h3-7,18H,8-10H2,1-2H3/b13-7+. The van der Waals surface area contributed by atoms with Gasteiger partial charge in [0.2, 0.25) is 0 Å². The quantitative estimate of drug-likeness (QED) is 0.829. The maximum Gasteiger partial charge on any atom is 0.312 e. The molecule has 0 heterocycles. The first kappa shape index (κ1) is 12.4. The van der Waals surface area contributed by atoms with Gasteiger partial charge in [-0.05, 0) is 37.3 Å². The predicted octanol–water partition coefficient (Wildman–Crippen LogP) is 2.47. The number of aryl methyl sites for hydroxylation is 1. The number of aliphatic hydroxyl groups is 1. The summed E-state index contributed by atoms with van der Waals surface area (Å²) < 4.78 is 4.86. The third-order valence-electron chi connectivity index (χ3n) is 4.42. The van der Waals surface area contributed by atoms with Crippen LogP contribution in [0, 0.1) is 12.3 Å². The van der Waals surface area contributed by atoms with Crippen molar-refractivity contribution in [3.05, 3.63) is 41.0 Å². The molecule has 3 nitrogen and oxygen atoms in total. The van der Waals surface area contributed by atoms with Gasteiger partial charge in [0, 0.05) is 0 Å². The first-order valence-electron chi connectivity index (χ1n) is 6.56. The largest absolute Gasteiger partial charge is 0.469 e. The Morgan fingerprint density at radius 1 is 1.32 bits per heavy atom. The van der Waals surface area contributed by atoms with Gasteiger partial charge in [-0.3, -0.25) is 4.79 Å². The maximum absolute atomic E-state index is 11.8. The molecule has 0 radical (unpaired) electrons. The number of benzene rings is 1. The minimum atomic E-state index is -0.793. The number of fused-ring (bicyclic) bond motifs is 1. The molecule has 0 aromatic heterocycles. The molecule has 0 saturated heterocycles. The van der Waals surface area contributed by atoms with Gasteiger partial charge in [0.05, 0.1) is 18.1 Å². The van der Waals surface area contributed by atoms with Gasteiger partial charge in [0.1, 0.15) is 0 Å². The van der Waals surface area contributed by atoms with Crippen LogP contribution in [0.1, 0.15) is 30.4 Å². The zero-order valence-corrected chi connectivity index (χ0v) is 11.3. The van der Waals surface area contributed by atoms with Gasteiger partial charge in [-0.2, -0.15) is 0 Å². The molecule has 100 valence electrons. The maximum atomic E-state index is 11.8. The van der Waals surface area contributed by atoms with Crippen LogP contribution in [-0.4, -0.2) is 23.8 Å². The van der Waals surface area contributed by atoms with E-state index in [0.29, 0.717) is 19.3 Å². The Labute approximate surface area is 112 Å². The molecule has 0 unspecified atom stereocenters. The van der Waals surface area contributed by atoms with Gasteiger partial charge in [-0.15, -0.1) is 0 Å². The van der Waals surface area contributed by atoms with Gasteiger partial charge in [-0.1, -0.05) is 35.9 Å². The smallest absolute Gasteiger partial charge is 0.312 e. The number of esters is 1. The second-order valence-corrected chi connectivity index (χ2v) is 5.91. The molecule has 2 bridgehead atoms. The molecule has 3 aliphatic carbocycles.